The van der Waals surface area contributed by atoms with Crippen LogP contribution < -0.4 is 16.8 Å². The molecule has 186 valence electrons. The van der Waals surface area contributed by atoms with Crippen molar-refractivity contribution in [3.8, 4) is 0 Å². The summed E-state index contributed by atoms with van der Waals surface area (Å²) in [6, 6.07) is 16.4. The number of carbonyl (C=O) groups excluding carboxylic acids is 1. The predicted molar refractivity (Wildman–Crippen MR) is 139 cm³/mol. The van der Waals surface area contributed by atoms with Gasteiger partial charge in [0.25, 0.3) is 11.9 Å². The lowest BCUT2D eigenvalue weighted by atomic mass is 10.0. The quantitative estimate of drug-likeness (QED) is 0.366. The molecule has 1 amide bonds. The Balaban J connectivity index is 1.60. The molecule has 0 aliphatic carbocycles. The second-order valence-corrected chi connectivity index (χ2v) is 7.87. The van der Waals surface area contributed by atoms with Crippen LogP contribution in [-0.2, 0) is 14.3 Å². The first-order valence-corrected chi connectivity index (χ1v) is 11.4. The fraction of sp³-hybridized carbons (Fsp3) is 0.240. The summed E-state index contributed by atoms with van der Waals surface area (Å²) in [5.74, 6) is -0.835. The number of hydrogen-bond donors (Lipinski definition) is 4. The van der Waals surface area contributed by atoms with E-state index >= 15 is 0 Å². The summed E-state index contributed by atoms with van der Waals surface area (Å²) in [6.45, 7) is 2.26. The van der Waals surface area contributed by atoms with Gasteiger partial charge < -0.3 is 31.2 Å². The van der Waals surface area contributed by atoms with Crippen molar-refractivity contribution in [2.75, 3.05) is 38.7 Å². The number of aliphatic imine (C=N–C) groups is 3. The maximum atomic E-state index is 13.0. The van der Waals surface area contributed by atoms with Gasteiger partial charge in [0.2, 0.25) is 12.1 Å². The number of ether oxygens (including phenoxy) is 2. The minimum atomic E-state index is -1.23. The summed E-state index contributed by atoms with van der Waals surface area (Å²) >= 11 is 0. The minimum absolute atomic E-state index is 0.198. The number of morpholine rings is 1. The van der Waals surface area contributed by atoms with Crippen molar-refractivity contribution >= 4 is 34.9 Å². The van der Waals surface area contributed by atoms with Gasteiger partial charge in [-0.3, -0.25) is 15.2 Å². The monoisotopic (exact) mass is 488 g/mol. The lowest BCUT2D eigenvalue weighted by molar-refractivity contribution is -0.117. The van der Waals surface area contributed by atoms with Gasteiger partial charge in [0, 0.05) is 37.5 Å². The van der Waals surface area contributed by atoms with Gasteiger partial charge in [0.1, 0.15) is 5.71 Å². The van der Waals surface area contributed by atoms with Gasteiger partial charge in [-0.25, -0.2) is 4.99 Å². The largest absolute Gasteiger partial charge is 0.405 e. The highest BCUT2D eigenvalue weighted by molar-refractivity contribution is 6.45. The van der Waals surface area contributed by atoms with Crippen molar-refractivity contribution in [2.24, 2.45) is 26.4 Å². The maximum Gasteiger partial charge on any atom is 0.291 e. The third-order valence-corrected chi connectivity index (χ3v) is 5.62. The number of rotatable bonds is 5. The summed E-state index contributed by atoms with van der Waals surface area (Å²) in [5.41, 5.74) is 15.3. The molecule has 0 spiro atoms. The Morgan fingerprint density at radius 3 is 2.58 bits per heavy atom. The number of nitrogens with two attached hydrogens (primary N) is 2. The molecule has 2 aromatic carbocycles. The molecule has 11 heteroatoms. The van der Waals surface area contributed by atoms with Crippen LogP contribution >= 0.6 is 0 Å². The first-order valence-electron chi connectivity index (χ1n) is 11.4. The zero-order valence-corrected chi connectivity index (χ0v) is 19.8. The molecule has 0 bridgehead atoms. The minimum Gasteiger partial charge on any atom is -0.405 e. The third kappa shape index (κ3) is 5.41. The van der Waals surface area contributed by atoms with Gasteiger partial charge in [0.05, 0.1) is 30.3 Å². The van der Waals surface area contributed by atoms with Crippen molar-refractivity contribution < 1.29 is 14.3 Å². The maximum absolute atomic E-state index is 13.0. The van der Waals surface area contributed by atoms with E-state index in [4.69, 9.17) is 26.4 Å². The van der Waals surface area contributed by atoms with Crippen LogP contribution in [0, 0.1) is 5.41 Å². The van der Waals surface area contributed by atoms with Crippen LogP contribution in [0.5, 0.6) is 0 Å². The van der Waals surface area contributed by atoms with Crippen molar-refractivity contribution in [1.29, 1.82) is 5.41 Å². The molecule has 0 saturated carbocycles. The fourth-order valence-electron chi connectivity index (χ4n) is 3.93. The van der Waals surface area contributed by atoms with E-state index in [2.05, 4.69) is 20.3 Å². The molecule has 6 N–H and O–H groups in total. The summed E-state index contributed by atoms with van der Waals surface area (Å²) in [4.78, 5) is 27.9. The smallest absolute Gasteiger partial charge is 0.291 e. The number of nitrogens with zero attached hydrogens (tertiary/aromatic N) is 4. The third-order valence-electron chi connectivity index (χ3n) is 5.62. The van der Waals surface area contributed by atoms with E-state index in [1.807, 2.05) is 53.4 Å². The SMILES string of the molecule is CN=C(C(=N)OC(N)=NC1N=C(c2ccccc2)c2ccccc2NC1=O)C(=CN)N1CCOCC1. The molecule has 0 radical (unpaired) electrons. The summed E-state index contributed by atoms with van der Waals surface area (Å²) < 4.78 is 10.8. The number of fused-ring (bicyclic) bond motifs is 1. The van der Waals surface area contributed by atoms with Gasteiger partial charge >= 0.3 is 0 Å². The van der Waals surface area contributed by atoms with Gasteiger partial charge in [-0.2, -0.15) is 4.99 Å². The zero-order valence-electron chi connectivity index (χ0n) is 19.8. The molecule has 2 aliphatic heterocycles. The highest BCUT2D eigenvalue weighted by Crippen LogP contribution is 2.24. The van der Waals surface area contributed by atoms with Crippen LogP contribution in [0.25, 0.3) is 0 Å². The molecule has 2 aliphatic rings. The van der Waals surface area contributed by atoms with E-state index in [9.17, 15) is 4.79 Å². The topological polar surface area (TPSA) is 164 Å². The Morgan fingerprint density at radius 1 is 1.19 bits per heavy atom. The number of hydrogen-bond acceptors (Lipinski definition) is 9. The molecule has 1 fully saturated rings. The number of amidine groups is 1. The molecule has 2 aromatic rings. The van der Waals surface area contributed by atoms with Gasteiger partial charge in [-0.15, -0.1) is 0 Å². The standard InChI is InChI=1S/C25H28N8O3/c1-29-21(19(15-26)33-11-13-35-14-12-33)22(27)36-25(28)32-23-24(34)30-18-10-6-5-9-17(18)20(31-23)16-7-3-2-4-8-16/h2-10,15,23,27H,11-14,26H2,1H3,(H2,28,32)(H,30,34). The second kappa shape index (κ2) is 11.3. The van der Waals surface area contributed by atoms with E-state index in [0.717, 1.165) is 11.1 Å². The number of amides is 1. The molecule has 1 saturated heterocycles. The Labute approximate surface area is 208 Å². The van der Waals surface area contributed by atoms with Gasteiger partial charge in [-0.1, -0.05) is 48.5 Å². The van der Waals surface area contributed by atoms with E-state index in [-0.39, 0.29) is 11.6 Å². The Morgan fingerprint density at radius 2 is 1.89 bits per heavy atom. The molecule has 0 aromatic heterocycles. The van der Waals surface area contributed by atoms with Crippen molar-refractivity contribution in [3.63, 3.8) is 0 Å². The average Bonchev–Trinajstić information content (AvgIpc) is 3.04. The van der Waals surface area contributed by atoms with Crippen molar-refractivity contribution in [1.82, 2.24) is 4.90 Å². The number of carbonyl (C=O) groups is 1. The van der Waals surface area contributed by atoms with E-state index in [1.54, 1.807) is 6.07 Å². The first-order chi connectivity index (χ1) is 17.5. The Bertz CT molecular complexity index is 1250. The number of para-hydroxylation sites is 1. The normalized spacial score (nSPS) is 19.1. The Hall–Kier alpha value is -4.51. The highest BCUT2D eigenvalue weighted by Gasteiger charge is 2.27. The van der Waals surface area contributed by atoms with Crippen LogP contribution in [0.15, 0.2) is 81.5 Å². The average molecular weight is 489 g/mol. The fourth-order valence-corrected chi connectivity index (χ4v) is 3.93. The molecule has 1 unspecified atom stereocenters. The van der Waals surface area contributed by atoms with Crippen molar-refractivity contribution in [3.05, 3.63) is 77.6 Å². The number of benzodiazepines with no additional fused rings is 1. The van der Waals surface area contributed by atoms with Gasteiger partial charge in [0.15, 0.2) is 0 Å². The molecule has 36 heavy (non-hydrogen) atoms. The molecule has 11 nitrogen and oxygen atoms in total. The Kier molecular flexibility index (Phi) is 7.71. The highest BCUT2D eigenvalue weighted by atomic mass is 16.5. The van der Waals surface area contributed by atoms with E-state index in [1.165, 1.54) is 13.2 Å². The van der Waals surface area contributed by atoms with Crippen LogP contribution in [0.4, 0.5) is 5.69 Å². The lowest BCUT2D eigenvalue weighted by Crippen LogP contribution is -2.41. The molecule has 1 atom stereocenters. The summed E-state index contributed by atoms with van der Waals surface area (Å²) in [5, 5.41) is 11.3. The first kappa shape index (κ1) is 24.6. The van der Waals surface area contributed by atoms with Gasteiger partial charge in [-0.05, 0) is 6.07 Å². The summed E-state index contributed by atoms with van der Waals surface area (Å²) in [7, 11) is 1.52. The molecular weight excluding hydrogens is 460 g/mol. The van der Waals surface area contributed by atoms with Crippen LogP contribution in [0.1, 0.15) is 11.1 Å². The molecule has 4 rings (SSSR count). The van der Waals surface area contributed by atoms with Crippen LogP contribution in [-0.4, -0.2) is 73.7 Å². The zero-order chi connectivity index (χ0) is 25.5. The van der Waals surface area contributed by atoms with E-state index in [0.29, 0.717) is 43.4 Å². The summed E-state index contributed by atoms with van der Waals surface area (Å²) in [6.07, 6.45) is 0.136. The van der Waals surface area contributed by atoms with Crippen LogP contribution in [0.2, 0.25) is 0 Å². The number of nitrogens with one attached hydrogen (secondary N) is 2. The van der Waals surface area contributed by atoms with Crippen LogP contribution in [0.3, 0.4) is 0 Å². The molecule has 2 heterocycles. The predicted octanol–water partition coefficient (Wildman–Crippen LogP) is 1.31. The number of anilines is 1. The van der Waals surface area contributed by atoms with E-state index < -0.39 is 18.1 Å². The lowest BCUT2D eigenvalue weighted by Gasteiger charge is -2.31. The van der Waals surface area contributed by atoms with Crippen molar-refractivity contribution in [2.45, 2.75) is 6.17 Å². The second-order valence-electron chi connectivity index (χ2n) is 7.87. The number of benzene rings is 2. The molecular formula is C25H28N8O3.